The van der Waals surface area contributed by atoms with Crippen molar-refractivity contribution in [2.75, 3.05) is 29.0 Å². The van der Waals surface area contributed by atoms with E-state index in [1.165, 1.54) is 11.1 Å². The molecule has 6 heterocycles. The number of aromatic nitrogens is 9. The molecular formula is C98H99BCl2N20NaO5S. The molecule has 0 aliphatic rings. The first-order valence-electron chi connectivity index (χ1n) is 40.3. The average molecular weight is 1770 g/mol. The second-order valence-electron chi connectivity index (χ2n) is 28.5. The van der Waals surface area contributed by atoms with Crippen molar-refractivity contribution in [1.82, 2.24) is 54.9 Å². The summed E-state index contributed by atoms with van der Waals surface area (Å²) in [5, 5.41) is 40.4. The van der Waals surface area contributed by atoms with E-state index in [0.717, 1.165) is 87.4 Å². The third-order valence-corrected chi connectivity index (χ3v) is 19.1. The number of unbranched alkanes of at least 4 members (excludes halogenated alkanes) is 2. The molecule has 0 saturated carbocycles. The number of nitrogens with two attached hydrogens (primary N) is 4. The van der Waals surface area contributed by atoms with Crippen LogP contribution in [0, 0.1) is 33.9 Å². The third-order valence-electron chi connectivity index (χ3n) is 19.1. The maximum atomic E-state index is 13.4. The smallest absolute Gasteiger partial charge is 1.00 e. The van der Waals surface area contributed by atoms with Gasteiger partial charge < -0.3 is 56.1 Å². The standard InChI is InChI=1S/C31H26N6O.C31H30N6O.C25H20N4O2.C6H8N2.C5H14N2.B.Cl2OS.Na.H/c1-22-17-29(37(36-22)28-15-7-13-26(19-28)32-2)31(38)35-27-14-6-12-25(18-27)30(24-10-4-3-5-11-24)34-21-23-9-8-16-33-20-23;1-22-16-29(37(36-22)28-14-5-8-23(17-28)19-32)31(38)35-27-13-6-12-26(18-27)30(25-10-3-2-4-11-25)34-21-24-9-7-15-33-20-24;1-17-14-23(29(28-17)22-13-7-11-20(16-22)26-2)25(31)27-21-12-6-10-19(15-21)24(30)18-8-4-3-5-9-18;7-4-6-2-1-3-8-5-6;6-4-2-1-3-5-7;;1-4(2)3;;/h3-20,30,34H,21H2,1H3,(H,35,38);2-18,20,30,34H,19,21,32H2,1H3,(H,35,38);3-16,24,30H,1H3,(H,27,31);1-3,5H,4,7H2;1-7H2;;;;/q;;;;;;;+1;-1. The summed E-state index contributed by atoms with van der Waals surface area (Å²) in [5.74, 6) is -0.851. The molecule has 9 aromatic carbocycles. The number of anilines is 3. The molecule has 0 fully saturated rings. The van der Waals surface area contributed by atoms with Gasteiger partial charge in [0.25, 0.3) is 17.7 Å². The first-order chi connectivity index (χ1) is 61.3. The molecule has 0 spiro atoms. The van der Waals surface area contributed by atoms with Gasteiger partial charge in [0.1, 0.15) is 23.2 Å². The van der Waals surface area contributed by atoms with Gasteiger partial charge in [-0.3, -0.25) is 29.3 Å². The molecule has 30 heteroatoms. The fraction of sp³-hybridized carbons (Fsp3) is 0.153. The van der Waals surface area contributed by atoms with E-state index in [0.29, 0.717) is 100 Å². The molecule has 3 atom stereocenters. The number of pyridine rings is 3. The van der Waals surface area contributed by atoms with Crippen molar-refractivity contribution in [3.63, 3.8) is 0 Å². The number of rotatable bonds is 27. The average Bonchev–Trinajstić information content (AvgIpc) is 1.66. The number of nitrogens with one attached hydrogen (secondary N) is 5. The molecule has 14 N–H and O–H groups in total. The van der Waals surface area contributed by atoms with Gasteiger partial charge in [0.15, 0.2) is 11.4 Å². The van der Waals surface area contributed by atoms with E-state index >= 15 is 0 Å². The Kier molecular flexibility index (Phi) is 41.9. The van der Waals surface area contributed by atoms with Crippen LogP contribution >= 0.6 is 21.4 Å². The molecule has 0 bridgehead atoms. The van der Waals surface area contributed by atoms with Crippen molar-refractivity contribution >= 4 is 85.2 Å². The van der Waals surface area contributed by atoms with Crippen molar-refractivity contribution in [2.45, 2.75) is 84.4 Å². The van der Waals surface area contributed by atoms with Crippen LogP contribution in [0.15, 0.2) is 328 Å². The number of aliphatic hydroxyl groups excluding tert-OH is 1. The molecule has 15 aromatic rings. The number of aryl methyl sites for hydroxylation is 3. The van der Waals surface area contributed by atoms with Crippen molar-refractivity contribution in [2.24, 2.45) is 22.9 Å². The van der Waals surface area contributed by atoms with Gasteiger partial charge in [0, 0.05) is 110 Å². The molecule has 3 radical (unpaired) electrons. The van der Waals surface area contributed by atoms with E-state index in [-0.39, 0.29) is 69.2 Å². The van der Waals surface area contributed by atoms with E-state index in [9.17, 15) is 19.5 Å². The van der Waals surface area contributed by atoms with Crippen molar-refractivity contribution in [3.05, 3.63) is 441 Å². The summed E-state index contributed by atoms with van der Waals surface area (Å²) >= 11 is 0. The van der Waals surface area contributed by atoms with Crippen LogP contribution in [0.3, 0.4) is 0 Å². The van der Waals surface area contributed by atoms with E-state index in [1.54, 1.807) is 113 Å². The molecule has 25 nitrogen and oxygen atoms in total. The second-order valence-corrected chi connectivity index (χ2v) is 31.0. The number of nitrogens with zero attached hydrogens (tertiary/aromatic N) is 11. The molecule has 645 valence electrons. The Labute approximate surface area is 783 Å². The van der Waals surface area contributed by atoms with Gasteiger partial charge in [-0.2, -0.15) is 15.3 Å². The van der Waals surface area contributed by atoms with Crippen LogP contribution in [0.4, 0.5) is 28.4 Å². The summed E-state index contributed by atoms with van der Waals surface area (Å²) in [4.78, 5) is 59.1. The minimum Gasteiger partial charge on any atom is -1.00 e. The number of aliphatic hydroxyl groups is 1. The molecule has 128 heavy (non-hydrogen) atoms. The zero-order valence-corrected chi connectivity index (χ0v) is 75.7. The van der Waals surface area contributed by atoms with Gasteiger partial charge >= 0.3 is 29.6 Å². The summed E-state index contributed by atoms with van der Waals surface area (Å²) in [6.07, 6.45) is 13.4. The van der Waals surface area contributed by atoms with Crippen LogP contribution in [0.5, 0.6) is 0 Å². The van der Waals surface area contributed by atoms with Crippen molar-refractivity contribution < 1.29 is 54.7 Å². The van der Waals surface area contributed by atoms with Crippen LogP contribution in [0.1, 0.15) is 143 Å². The van der Waals surface area contributed by atoms with Crippen LogP contribution in [0.25, 0.3) is 26.8 Å². The quantitative estimate of drug-likeness (QED) is 0.00989. The molecule has 0 aliphatic heterocycles. The predicted molar refractivity (Wildman–Crippen MR) is 509 cm³/mol. The number of benzene rings is 9. The van der Waals surface area contributed by atoms with E-state index in [2.05, 4.69) is 118 Å². The fourth-order valence-electron chi connectivity index (χ4n) is 13.1. The maximum absolute atomic E-state index is 13.4. The minimum atomic E-state index is -1.67. The zero-order chi connectivity index (χ0) is 89.4. The summed E-state index contributed by atoms with van der Waals surface area (Å²) in [6.45, 7) is 23.9. The Morgan fingerprint density at radius 2 is 0.727 bits per heavy atom. The molecule has 0 saturated heterocycles. The van der Waals surface area contributed by atoms with Crippen LogP contribution in [-0.2, 0) is 35.4 Å². The van der Waals surface area contributed by atoms with Gasteiger partial charge in [-0.05, 0) is 212 Å². The summed E-state index contributed by atoms with van der Waals surface area (Å²) in [5.41, 5.74) is 39.9. The van der Waals surface area contributed by atoms with Gasteiger partial charge in [-0.25, -0.2) is 27.9 Å². The largest absolute Gasteiger partial charge is 1.00 e. The number of hydrogen-bond donors (Lipinski definition) is 10. The van der Waals surface area contributed by atoms with Gasteiger partial charge in [-0.15, -0.1) is 0 Å². The van der Waals surface area contributed by atoms with Crippen LogP contribution in [0.2, 0.25) is 0 Å². The fourth-order valence-corrected chi connectivity index (χ4v) is 13.1. The molecular weight excluding hydrogens is 1670 g/mol. The van der Waals surface area contributed by atoms with Crippen molar-refractivity contribution in [3.8, 4) is 17.1 Å². The van der Waals surface area contributed by atoms with E-state index in [4.69, 9.17) is 40.3 Å². The molecule has 15 rings (SSSR count). The van der Waals surface area contributed by atoms with Gasteiger partial charge in [-0.1, -0.05) is 188 Å². The Hall–Kier alpha value is -13.0. The molecule has 6 aromatic heterocycles. The summed E-state index contributed by atoms with van der Waals surface area (Å²) in [6, 6.07) is 91.3. The molecule has 0 aliphatic carbocycles. The topological polar surface area (TPSA) is 354 Å². The van der Waals surface area contributed by atoms with Gasteiger partial charge in [0.05, 0.1) is 59.4 Å². The first kappa shape index (κ1) is 100. The van der Waals surface area contributed by atoms with Gasteiger partial charge in [0.2, 0.25) is 9.23 Å². The van der Waals surface area contributed by atoms with Crippen LogP contribution in [-0.4, -0.2) is 92.8 Å². The Morgan fingerprint density at radius 3 is 1.07 bits per heavy atom. The normalized spacial score (nSPS) is 11.0. The first-order valence-corrected chi connectivity index (χ1v) is 43.1. The molecule has 3 amide bonds. The monoisotopic (exact) mass is 1770 g/mol. The number of carbonyl (C=O) groups excluding carboxylic acids is 3. The summed E-state index contributed by atoms with van der Waals surface area (Å²) < 4.78 is 13.9. The van der Waals surface area contributed by atoms with Crippen LogP contribution < -0.4 is 79.1 Å². The Balaban J connectivity index is 0.000000238. The molecule has 3 unspecified atom stereocenters. The number of amides is 3. The zero-order valence-electron chi connectivity index (χ0n) is 72.3. The van der Waals surface area contributed by atoms with E-state index in [1.807, 2.05) is 215 Å². The van der Waals surface area contributed by atoms with Crippen molar-refractivity contribution in [1.29, 1.82) is 0 Å². The number of halogens is 2. The number of hydrogen-bond acceptors (Lipinski definition) is 17. The van der Waals surface area contributed by atoms with E-state index < -0.39 is 15.3 Å². The summed E-state index contributed by atoms with van der Waals surface area (Å²) in [7, 11) is 7.36. The predicted octanol–water partition coefficient (Wildman–Crippen LogP) is 14.9. The Morgan fingerprint density at radius 1 is 0.406 bits per heavy atom. The Bertz CT molecular complexity index is 6080. The number of carbonyl (C=O) groups is 3. The third kappa shape index (κ3) is 31.2. The SMILES string of the molecule is Cc1cc(C(=O)Nc2cccc(C(NCc3cccnc3)c3ccccc3)c2)n(-c2cccc(CN)c2)n1.NCCCCCN.NCc1cccnc1.O=S(Cl)Cl.[B].[C-]#[N+]c1cccc(-n2nc(C)cc2C(=O)Nc2cccc(C(NCc3cccnc3)c3ccccc3)c2)c1.[C-]#[N+]c1cccc(-n2nc(C)cc2C(=O)Nc2cccc(C(O)c3ccccc3)c2)c1.[H-].[Na+]. The second kappa shape index (κ2) is 53.4. The minimum absolute atomic E-state index is 0. The maximum Gasteiger partial charge on any atom is 1.00 e.